The van der Waals surface area contributed by atoms with E-state index in [0.717, 1.165) is 27.2 Å². The molecular weight excluding hydrogens is 431 g/mol. The number of hydrogen-bond donors (Lipinski definition) is 0. The molecule has 0 spiro atoms. The van der Waals surface area contributed by atoms with E-state index in [1.54, 1.807) is 0 Å². The maximum atomic E-state index is 14.3. The highest BCUT2D eigenvalue weighted by atomic mass is 79.9. The summed E-state index contributed by atoms with van der Waals surface area (Å²) in [6.07, 6.45) is 0.0792. The maximum absolute atomic E-state index is 14.3. The smallest absolute Gasteiger partial charge is 0.164 e. The van der Waals surface area contributed by atoms with Gasteiger partial charge in [0, 0.05) is 22.0 Å². The first kappa shape index (κ1) is 20.3. The summed E-state index contributed by atoms with van der Waals surface area (Å²) in [7, 11) is 0. The molecule has 0 heterocycles. The van der Waals surface area contributed by atoms with E-state index in [9.17, 15) is 18.1 Å². The molecule has 0 radical (unpaired) electrons. The van der Waals surface area contributed by atoms with Gasteiger partial charge in [-0.25, -0.2) is 13.2 Å². The molecule has 2 nitrogen and oxygen atoms in total. The summed E-state index contributed by atoms with van der Waals surface area (Å²) in [4.78, 5) is 11.5. The third kappa shape index (κ3) is 4.33. The largest absolute Gasteiger partial charge is 0.207 e. The van der Waals surface area contributed by atoms with Crippen LogP contribution >= 0.6 is 15.9 Å². The van der Waals surface area contributed by atoms with Crippen LogP contribution in [0.5, 0.6) is 0 Å². The molecule has 0 saturated heterocycles. The SMILES string of the molecule is Cc1ccccc1C(CC(N=O)c1cc(F)cc(F)c1F)c1ccc(Br)cc1. The summed E-state index contributed by atoms with van der Waals surface area (Å²) < 4.78 is 42.5. The van der Waals surface area contributed by atoms with Crippen LogP contribution in [0.3, 0.4) is 0 Å². The van der Waals surface area contributed by atoms with Crippen LogP contribution in [0.1, 0.15) is 40.6 Å². The number of halogens is 4. The van der Waals surface area contributed by atoms with Gasteiger partial charge in [0.15, 0.2) is 11.6 Å². The summed E-state index contributed by atoms with van der Waals surface area (Å²) in [6, 6.07) is 15.2. The Morgan fingerprint density at radius 3 is 2.29 bits per heavy atom. The Morgan fingerprint density at radius 1 is 0.964 bits per heavy atom. The average Bonchev–Trinajstić information content (AvgIpc) is 2.68. The Morgan fingerprint density at radius 2 is 1.64 bits per heavy atom. The van der Waals surface area contributed by atoms with Gasteiger partial charge in [-0.2, -0.15) is 4.91 Å². The lowest BCUT2D eigenvalue weighted by Crippen LogP contribution is -2.10. The van der Waals surface area contributed by atoms with Gasteiger partial charge < -0.3 is 0 Å². The van der Waals surface area contributed by atoms with Crippen LogP contribution in [-0.4, -0.2) is 0 Å². The van der Waals surface area contributed by atoms with Crippen LogP contribution in [0.25, 0.3) is 0 Å². The van der Waals surface area contributed by atoms with Crippen molar-refractivity contribution < 1.29 is 13.2 Å². The Labute approximate surface area is 169 Å². The van der Waals surface area contributed by atoms with Crippen molar-refractivity contribution in [1.29, 1.82) is 0 Å². The first-order valence-electron chi connectivity index (χ1n) is 8.68. The predicted octanol–water partition coefficient (Wildman–Crippen LogP) is 7.20. The first-order chi connectivity index (χ1) is 13.4. The number of nitrogens with zero attached hydrogens (tertiary/aromatic N) is 1. The second-order valence-corrected chi connectivity index (χ2v) is 7.52. The van der Waals surface area contributed by atoms with Gasteiger partial charge in [0.2, 0.25) is 0 Å². The van der Waals surface area contributed by atoms with Gasteiger partial charge in [-0.15, -0.1) is 0 Å². The van der Waals surface area contributed by atoms with E-state index in [4.69, 9.17) is 0 Å². The van der Waals surface area contributed by atoms with E-state index in [0.29, 0.717) is 6.07 Å². The molecule has 0 bridgehead atoms. The van der Waals surface area contributed by atoms with Crippen molar-refractivity contribution in [3.63, 3.8) is 0 Å². The standard InChI is InChI=1S/C22H17BrF3NO/c1-13-4-2-3-5-17(13)18(14-6-8-15(23)9-7-14)12-21(27-28)19-10-16(24)11-20(25)22(19)26/h2-11,18,21H,12H2,1H3. The zero-order valence-corrected chi connectivity index (χ0v) is 16.6. The highest BCUT2D eigenvalue weighted by Gasteiger charge is 2.27. The molecule has 3 rings (SSSR count). The first-order valence-corrected chi connectivity index (χ1v) is 9.48. The Balaban J connectivity index is 2.07. The molecule has 0 fully saturated rings. The highest BCUT2D eigenvalue weighted by molar-refractivity contribution is 9.10. The van der Waals surface area contributed by atoms with E-state index >= 15 is 0 Å². The summed E-state index contributed by atoms with van der Waals surface area (Å²) in [5.74, 6) is -3.83. The number of rotatable bonds is 6. The van der Waals surface area contributed by atoms with Crippen LogP contribution in [0.4, 0.5) is 13.2 Å². The molecule has 0 N–H and O–H groups in total. The molecule has 6 heteroatoms. The second kappa shape index (κ2) is 8.69. The van der Waals surface area contributed by atoms with Gasteiger partial charge in [0.05, 0.1) is 0 Å². The van der Waals surface area contributed by atoms with E-state index in [1.165, 1.54) is 0 Å². The second-order valence-electron chi connectivity index (χ2n) is 6.61. The van der Waals surface area contributed by atoms with Crippen molar-refractivity contribution in [3.05, 3.63) is 110 Å². The monoisotopic (exact) mass is 447 g/mol. The van der Waals surface area contributed by atoms with E-state index in [1.807, 2.05) is 55.5 Å². The summed E-state index contributed by atoms with van der Waals surface area (Å²) in [5.41, 5.74) is 2.45. The van der Waals surface area contributed by atoms with Crippen molar-refractivity contribution in [1.82, 2.24) is 0 Å². The topological polar surface area (TPSA) is 29.4 Å². The normalized spacial score (nSPS) is 13.2. The Hall–Kier alpha value is -2.47. The van der Waals surface area contributed by atoms with Gasteiger partial charge in [0.1, 0.15) is 11.9 Å². The zero-order valence-electron chi connectivity index (χ0n) is 15.0. The van der Waals surface area contributed by atoms with Gasteiger partial charge in [-0.3, -0.25) is 0 Å². The predicted molar refractivity (Wildman–Crippen MR) is 107 cm³/mol. The van der Waals surface area contributed by atoms with Crippen molar-refractivity contribution in [3.8, 4) is 0 Å². The van der Waals surface area contributed by atoms with Crippen LogP contribution in [0.2, 0.25) is 0 Å². The van der Waals surface area contributed by atoms with Crippen LogP contribution in [-0.2, 0) is 0 Å². The van der Waals surface area contributed by atoms with Crippen LogP contribution < -0.4 is 0 Å². The molecule has 0 aliphatic heterocycles. The van der Waals surface area contributed by atoms with E-state index in [2.05, 4.69) is 21.1 Å². The lowest BCUT2D eigenvalue weighted by Gasteiger charge is -2.23. The lowest BCUT2D eigenvalue weighted by molar-refractivity contribution is 0.465. The summed E-state index contributed by atoms with van der Waals surface area (Å²) in [5, 5.41) is 3.01. The minimum absolute atomic E-state index is 0.0792. The minimum atomic E-state index is -1.33. The molecule has 2 unspecified atom stereocenters. The van der Waals surface area contributed by atoms with Crippen LogP contribution in [0, 0.1) is 29.3 Å². The maximum Gasteiger partial charge on any atom is 0.164 e. The number of nitroso groups, excluding NO2 is 1. The van der Waals surface area contributed by atoms with Crippen molar-refractivity contribution in [2.45, 2.75) is 25.3 Å². The van der Waals surface area contributed by atoms with Crippen molar-refractivity contribution in [2.75, 3.05) is 0 Å². The third-order valence-corrected chi connectivity index (χ3v) is 5.33. The molecular formula is C22H17BrF3NO. The third-order valence-electron chi connectivity index (χ3n) is 4.80. The number of hydrogen-bond acceptors (Lipinski definition) is 2. The average molecular weight is 448 g/mol. The molecule has 0 saturated carbocycles. The number of benzene rings is 3. The molecule has 3 aromatic rings. The fourth-order valence-corrected chi connectivity index (χ4v) is 3.65. The van der Waals surface area contributed by atoms with Gasteiger partial charge in [-0.05, 0) is 48.2 Å². The summed E-state index contributed by atoms with van der Waals surface area (Å²) in [6.45, 7) is 1.94. The quantitative estimate of drug-likeness (QED) is 0.290. The van der Waals surface area contributed by atoms with Gasteiger partial charge in [0.25, 0.3) is 0 Å². The summed E-state index contributed by atoms with van der Waals surface area (Å²) >= 11 is 3.39. The number of aryl methyl sites for hydroxylation is 1. The van der Waals surface area contributed by atoms with Crippen LogP contribution in [0.15, 0.2) is 70.3 Å². The Bertz CT molecular complexity index is 992. The fraction of sp³-hybridized carbons (Fsp3) is 0.182. The molecule has 144 valence electrons. The molecule has 3 aromatic carbocycles. The highest BCUT2D eigenvalue weighted by Crippen LogP contribution is 2.38. The molecule has 0 aliphatic carbocycles. The van der Waals surface area contributed by atoms with Crippen molar-refractivity contribution in [2.24, 2.45) is 5.18 Å². The van der Waals surface area contributed by atoms with E-state index < -0.39 is 23.5 Å². The van der Waals surface area contributed by atoms with Gasteiger partial charge >= 0.3 is 0 Å². The lowest BCUT2D eigenvalue weighted by atomic mass is 9.82. The van der Waals surface area contributed by atoms with Crippen molar-refractivity contribution >= 4 is 15.9 Å². The Kier molecular flexibility index (Phi) is 6.29. The van der Waals surface area contributed by atoms with E-state index in [-0.39, 0.29) is 17.9 Å². The molecule has 0 amide bonds. The fourth-order valence-electron chi connectivity index (χ4n) is 3.38. The molecule has 0 aromatic heterocycles. The molecule has 0 aliphatic rings. The molecule has 2 atom stereocenters. The van der Waals surface area contributed by atoms with Gasteiger partial charge in [-0.1, -0.05) is 57.5 Å². The zero-order chi connectivity index (χ0) is 20.3. The molecule has 28 heavy (non-hydrogen) atoms. The minimum Gasteiger partial charge on any atom is -0.207 e.